The van der Waals surface area contributed by atoms with Gasteiger partial charge in [0.05, 0.1) is 23.8 Å². The molecule has 0 saturated carbocycles. The molecule has 0 aliphatic heterocycles. The average molecular weight is 321 g/mol. The molecule has 0 atom stereocenters. The predicted molar refractivity (Wildman–Crippen MR) is 94.7 cm³/mol. The van der Waals surface area contributed by atoms with Gasteiger partial charge in [-0.05, 0) is 24.7 Å². The average Bonchev–Trinajstić information content (AvgIpc) is 2.94. The van der Waals surface area contributed by atoms with Crippen molar-refractivity contribution in [2.24, 2.45) is 5.10 Å². The molecule has 0 aliphatic carbocycles. The van der Waals surface area contributed by atoms with Crippen LogP contribution in [0.5, 0.6) is 0 Å². The lowest BCUT2D eigenvalue weighted by Crippen LogP contribution is -2.25. The Kier molecular flexibility index (Phi) is 4.98. The topological polar surface area (TPSA) is 71.3 Å². The van der Waals surface area contributed by atoms with Crippen molar-refractivity contribution >= 4 is 23.2 Å². The van der Waals surface area contributed by atoms with E-state index >= 15 is 0 Å². The smallest absolute Gasteiger partial charge is 0.260 e. The van der Waals surface area contributed by atoms with E-state index in [9.17, 15) is 4.79 Å². The number of nitrogens with one attached hydrogen (secondary N) is 2. The number of carbonyl (C=O) groups excluding carboxylic acids is 1. The molecule has 2 N–H and O–H groups in total. The zero-order valence-electron chi connectivity index (χ0n) is 13.4. The third-order valence-corrected chi connectivity index (χ3v) is 3.57. The molecule has 2 aromatic carbocycles. The number of hydrogen-bond acceptors (Lipinski definition) is 4. The van der Waals surface area contributed by atoms with Gasteiger partial charge in [0.15, 0.2) is 0 Å². The van der Waals surface area contributed by atoms with Gasteiger partial charge < -0.3 is 9.88 Å². The summed E-state index contributed by atoms with van der Waals surface area (Å²) in [5, 5.41) is 7.08. The number of fused-ring (bicyclic) bond motifs is 1. The summed E-state index contributed by atoms with van der Waals surface area (Å²) in [6.45, 7) is 0.763. The minimum absolute atomic E-state index is 0.170. The summed E-state index contributed by atoms with van der Waals surface area (Å²) in [7, 11) is 1.86. The van der Waals surface area contributed by atoms with Crippen LogP contribution in [0.15, 0.2) is 59.7 Å². The van der Waals surface area contributed by atoms with E-state index < -0.39 is 0 Å². The van der Waals surface area contributed by atoms with Crippen molar-refractivity contribution in [3.63, 3.8) is 0 Å². The van der Waals surface area contributed by atoms with Crippen LogP contribution in [-0.4, -0.2) is 28.7 Å². The number of para-hydroxylation sites is 2. The van der Waals surface area contributed by atoms with Gasteiger partial charge in [0.2, 0.25) is 0 Å². The zero-order valence-corrected chi connectivity index (χ0v) is 13.4. The van der Waals surface area contributed by atoms with E-state index in [4.69, 9.17) is 0 Å². The van der Waals surface area contributed by atoms with Crippen LogP contribution in [0.3, 0.4) is 0 Å². The van der Waals surface area contributed by atoms with Crippen LogP contribution >= 0.6 is 0 Å². The largest absolute Gasteiger partial charge is 0.317 e. The first-order valence-electron chi connectivity index (χ1n) is 7.73. The van der Waals surface area contributed by atoms with Crippen molar-refractivity contribution in [3.8, 4) is 0 Å². The fourth-order valence-electron chi connectivity index (χ4n) is 2.49. The second-order valence-electron chi connectivity index (χ2n) is 5.34. The molecule has 0 saturated heterocycles. The van der Waals surface area contributed by atoms with E-state index in [0.717, 1.165) is 22.4 Å². The monoisotopic (exact) mass is 321 g/mol. The van der Waals surface area contributed by atoms with E-state index in [1.165, 1.54) is 0 Å². The highest BCUT2D eigenvalue weighted by Gasteiger charge is 2.12. The normalized spacial score (nSPS) is 11.2. The Morgan fingerprint density at radius 2 is 1.92 bits per heavy atom. The molecule has 0 unspecified atom stereocenters. The molecule has 6 nitrogen and oxygen atoms in total. The summed E-state index contributed by atoms with van der Waals surface area (Å²) >= 11 is 0. The highest BCUT2D eigenvalue weighted by atomic mass is 16.2. The molecule has 0 radical (unpaired) electrons. The van der Waals surface area contributed by atoms with Crippen LogP contribution in [0, 0.1) is 0 Å². The molecule has 0 aliphatic rings. The summed E-state index contributed by atoms with van der Waals surface area (Å²) in [5.41, 5.74) is 5.31. The molecule has 0 bridgehead atoms. The molecule has 6 heteroatoms. The van der Waals surface area contributed by atoms with Gasteiger partial charge in [-0.15, -0.1) is 0 Å². The van der Waals surface area contributed by atoms with Gasteiger partial charge in [0, 0.05) is 0 Å². The minimum Gasteiger partial charge on any atom is -0.317 e. The maximum absolute atomic E-state index is 12.2. The van der Waals surface area contributed by atoms with E-state index in [1.807, 2.05) is 66.2 Å². The molecule has 122 valence electrons. The fourth-order valence-corrected chi connectivity index (χ4v) is 2.49. The lowest BCUT2D eigenvalue weighted by atomic mass is 10.2. The van der Waals surface area contributed by atoms with Crippen LogP contribution in [0.4, 0.5) is 0 Å². The third-order valence-electron chi connectivity index (χ3n) is 3.57. The number of hydrazone groups is 1. The van der Waals surface area contributed by atoms with E-state index in [0.29, 0.717) is 6.54 Å². The Hall–Kier alpha value is -2.99. The molecule has 24 heavy (non-hydrogen) atoms. The van der Waals surface area contributed by atoms with Gasteiger partial charge in [-0.1, -0.05) is 42.5 Å². The number of imidazole rings is 1. The summed E-state index contributed by atoms with van der Waals surface area (Å²) in [5.74, 6) is 0.628. The van der Waals surface area contributed by atoms with Crippen molar-refractivity contribution in [2.45, 2.75) is 13.1 Å². The predicted octanol–water partition coefficient (Wildman–Crippen LogP) is 1.91. The van der Waals surface area contributed by atoms with Crippen molar-refractivity contribution in [1.82, 2.24) is 20.3 Å². The maximum Gasteiger partial charge on any atom is 0.260 e. The van der Waals surface area contributed by atoms with Crippen molar-refractivity contribution < 1.29 is 4.79 Å². The number of carbonyl (C=O) groups is 1. The Labute approximate surface area is 140 Å². The molecule has 0 fully saturated rings. The van der Waals surface area contributed by atoms with Gasteiger partial charge in [-0.2, -0.15) is 5.10 Å². The van der Waals surface area contributed by atoms with E-state index in [1.54, 1.807) is 6.21 Å². The minimum atomic E-state index is -0.192. The first-order valence-corrected chi connectivity index (χ1v) is 7.73. The summed E-state index contributed by atoms with van der Waals surface area (Å²) in [6, 6.07) is 17.4. The van der Waals surface area contributed by atoms with Crippen molar-refractivity contribution in [1.29, 1.82) is 0 Å². The summed E-state index contributed by atoms with van der Waals surface area (Å²) < 4.78 is 1.90. The first kappa shape index (κ1) is 15.9. The Balaban J connectivity index is 1.73. The lowest BCUT2D eigenvalue weighted by molar-refractivity contribution is -0.121. The van der Waals surface area contributed by atoms with Crippen LogP contribution in [0.2, 0.25) is 0 Å². The molecular formula is C18H19N5O. The van der Waals surface area contributed by atoms with E-state index in [-0.39, 0.29) is 12.5 Å². The number of hydrogen-bond donors (Lipinski definition) is 2. The van der Waals surface area contributed by atoms with Crippen molar-refractivity contribution in [2.75, 3.05) is 7.05 Å². The number of benzene rings is 2. The number of rotatable bonds is 6. The molecule has 1 heterocycles. The number of aromatic nitrogens is 2. The highest BCUT2D eigenvalue weighted by molar-refractivity contribution is 5.83. The summed E-state index contributed by atoms with van der Waals surface area (Å²) in [4.78, 5) is 16.8. The lowest BCUT2D eigenvalue weighted by Gasteiger charge is -2.07. The SMILES string of the molecule is CNCc1nc2ccccc2n1CC(=O)N/N=C/c1ccccc1. The second kappa shape index (κ2) is 7.52. The molecular weight excluding hydrogens is 302 g/mol. The molecule has 1 amide bonds. The van der Waals surface area contributed by atoms with Gasteiger partial charge in [0.25, 0.3) is 5.91 Å². The quantitative estimate of drug-likeness (QED) is 0.538. The Morgan fingerprint density at radius 1 is 1.17 bits per heavy atom. The van der Waals surface area contributed by atoms with Crippen LogP contribution in [0.25, 0.3) is 11.0 Å². The van der Waals surface area contributed by atoms with Crippen LogP contribution < -0.4 is 10.7 Å². The fraction of sp³-hybridized carbons (Fsp3) is 0.167. The third kappa shape index (κ3) is 3.67. The Morgan fingerprint density at radius 3 is 2.71 bits per heavy atom. The highest BCUT2D eigenvalue weighted by Crippen LogP contribution is 2.15. The van der Waals surface area contributed by atoms with Crippen LogP contribution in [0.1, 0.15) is 11.4 Å². The second-order valence-corrected chi connectivity index (χ2v) is 5.34. The number of amides is 1. The summed E-state index contributed by atoms with van der Waals surface area (Å²) in [6.07, 6.45) is 1.62. The Bertz CT molecular complexity index is 854. The van der Waals surface area contributed by atoms with Gasteiger partial charge in [-0.25, -0.2) is 10.4 Å². The van der Waals surface area contributed by atoms with Gasteiger partial charge in [-0.3, -0.25) is 4.79 Å². The molecule has 0 spiro atoms. The standard InChI is InChI=1S/C18H19N5O/c1-19-12-17-21-15-9-5-6-10-16(15)23(17)13-18(24)22-20-11-14-7-3-2-4-8-14/h2-11,19H,12-13H2,1H3,(H,22,24)/b20-11+. The maximum atomic E-state index is 12.2. The van der Waals surface area contributed by atoms with Crippen LogP contribution in [-0.2, 0) is 17.9 Å². The molecule has 1 aromatic heterocycles. The van der Waals surface area contributed by atoms with E-state index in [2.05, 4.69) is 20.8 Å². The first-order chi connectivity index (χ1) is 11.8. The van der Waals surface area contributed by atoms with Crippen molar-refractivity contribution in [3.05, 3.63) is 66.0 Å². The number of nitrogens with zero attached hydrogens (tertiary/aromatic N) is 3. The molecule has 3 aromatic rings. The van der Waals surface area contributed by atoms with Gasteiger partial charge >= 0.3 is 0 Å². The molecule has 3 rings (SSSR count). The zero-order chi connectivity index (χ0) is 16.8. The van der Waals surface area contributed by atoms with Gasteiger partial charge in [0.1, 0.15) is 12.4 Å².